The Labute approximate surface area is 126 Å². The van der Waals surface area contributed by atoms with E-state index in [9.17, 15) is 5.11 Å². The highest BCUT2D eigenvalue weighted by Gasteiger charge is 2.19. The fourth-order valence-electron chi connectivity index (χ4n) is 2.89. The van der Waals surface area contributed by atoms with Crippen molar-refractivity contribution in [1.29, 1.82) is 0 Å². The normalized spacial score (nSPS) is 15.1. The monoisotopic (exact) mass is 282 g/mol. The molecule has 110 valence electrons. The maximum Gasteiger partial charge on any atom is 0.128 e. The quantitative estimate of drug-likeness (QED) is 0.919. The van der Waals surface area contributed by atoms with Crippen molar-refractivity contribution in [2.75, 3.05) is 6.61 Å². The average Bonchev–Trinajstić information content (AvgIpc) is 2.53. The average molecular weight is 282 g/mol. The number of aliphatic hydroxyl groups is 1. The summed E-state index contributed by atoms with van der Waals surface area (Å²) in [6, 6.07) is 14.6. The van der Waals surface area contributed by atoms with Gasteiger partial charge < -0.3 is 9.84 Å². The Bertz CT molecular complexity index is 601. The summed E-state index contributed by atoms with van der Waals surface area (Å²) in [6.07, 6.45) is 3.26. The number of benzene rings is 2. The van der Waals surface area contributed by atoms with Crippen LogP contribution in [0.5, 0.6) is 5.75 Å². The van der Waals surface area contributed by atoms with Gasteiger partial charge in [-0.25, -0.2) is 0 Å². The van der Waals surface area contributed by atoms with Gasteiger partial charge in [0.05, 0.1) is 12.7 Å². The van der Waals surface area contributed by atoms with E-state index in [1.165, 1.54) is 16.7 Å². The predicted molar refractivity (Wildman–Crippen MR) is 84.7 cm³/mol. The molecule has 2 aromatic rings. The van der Waals surface area contributed by atoms with Crippen molar-refractivity contribution in [3.8, 4) is 5.75 Å². The van der Waals surface area contributed by atoms with E-state index in [0.717, 1.165) is 43.6 Å². The molecule has 2 nitrogen and oxygen atoms in total. The molecule has 3 rings (SSSR count). The highest BCUT2D eigenvalue weighted by Crippen LogP contribution is 2.34. The van der Waals surface area contributed by atoms with Gasteiger partial charge in [0.25, 0.3) is 0 Å². The predicted octanol–water partition coefficient (Wildman–Crippen LogP) is 3.99. The second kappa shape index (κ2) is 6.31. The lowest BCUT2D eigenvalue weighted by Gasteiger charge is -2.22. The minimum absolute atomic E-state index is 0.459. The first-order valence-electron chi connectivity index (χ1n) is 7.72. The van der Waals surface area contributed by atoms with Crippen LogP contribution in [0.25, 0.3) is 0 Å². The van der Waals surface area contributed by atoms with Crippen LogP contribution in [0.3, 0.4) is 0 Å². The second-order valence-electron chi connectivity index (χ2n) is 5.83. The maximum atomic E-state index is 10.5. The Kier molecular flexibility index (Phi) is 4.26. The van der Waals surface area contributed by atoms with Crippen LogP contribution >= 0.6 is 0 Å². The number of hydrogen-bond acceptors (Lipinski definition) is 2. The molecule has 2 heteroatoms. The van der Waals surface area contributed by atoms with Gasteiger partial charge in [-0.3, -0.25) is 0 Å². The van der Waals surface area contributed by atoms with Crippen molar-refractivity contribution in [3.63, 3.8) is 0 Å². The molecule has 1 unspecified atom stereocenters. The number of para-hydroxylation sites is 1. The van der Waals surface area contributed by atoms with Crippen LogP contribution in [0, 0.1) is 6.92 Å². The fourth-order valence-corrected chi connectivity index (χ4v) is 2.89. The van der Waals surface area contributed by atoms with Gasteiger partial charge >= 0.3 is 0 Å². The van der Waals surface area contributed by atoms with E-state index < -0.39 is 6.10 Å². The van der Waals surface area contributed by atoms with Gasteiger partial charge in [0.2, 0.25) is 0 Å². The molecular weight excluding hydrogens is 260 g/mol. The van der Waals surface area contributed by atoms with Crippen LogP contribution in [0.1, 0.15) is 41.2 Å². The maximum absolute atomic E-state index is 10.5. The Morgan fingerprint density at radius 3 is 2.76 bits per heavy atom. The molecule has 1 aliphatic heterocycles. The summed E-state index contributed by atoms with van der Waals surface area (Å²) in [4.78, 5) is 0. The number of hydrogen-bond donors (Lipinski definition) is 1. The van der Waals surface area contributed by atoms with Crippen LogP contribution in [0.4, 0.5) is 0 Å². The summed E-state index contributed by atoms with van der Waals surface area (Å²) in [5, 5.41) is 10.5. The number of aliphatic hydroxyl groups excluding tert-OH is 1. The molecular formula is C19H22O2. The van der Waals surface area contributed by atoms with Crippen LogP contribution in [0.2, 0.25) is 0 Å². The summed E-state index contributed by atoms with van der Waals surface area (Å²) < 4.78 is 5.78. The molecule has 0 amide bonds. The van der Waals surface area contributed by atoms with E-state index in [0.29, 0.717) is 0 Å². The zero-order chi connectivity index (χ0) is 14.7. The molecule has 0 spiro atoms. The third-order valence-corrected chi connectivity index (χ3v) is 4.15. The van der Waals surface area contributed by atoms with E-state index in [4.69, 9.17) is 4.74 Å². The Hall–Kier alpha value is -1.80. The van der Waals surface area contributed by atoms with Crippen LogP contribution in [0.15, 0.2) is 42.5 Å². The molecule has 0 saturated heterocycles. The van der Waals surface area contributed by atoms with Gasteiger partial charge in [-0.15, -0.1) is 0 Å². The van der Waals surface area contributed by atoms with E-state index in [-0.39, 0.29) is 0 Å². The molecule has 2 aromatic carbocycles. The van der Waals surface area contributed by atoms with Gasteiger partial charge in [-0.1, -0.05) is 48.0 Å². The van der Waals surface area contributed by atoms with Crippen molar-refractivity contribution < 1.29 is 9.84 Å². The van der Waals surface area contributed by atoms with Gasteiger partial charge in [0.1, 0.15) is 5.75 Å². The number of rotatable bonds is 4. The lowest BCUT2D eigenvalue weighted by atomic mass is 9.96. The molecule has 1 N–H and O–H groups in total. The van der Waals surface area contributed by atoms with Gasteiger partial charge in [0, 0.05) is 5.56 Å². The lowest BCUT2D eigenvalue weighted by Crippen LogP contribution is -2.12. The molecule has 1 aliphatic rings. The van der Waals surface area contributed by atoms with Crippen molar-refractivity contribution in [1.82, 2.24) is 0 Å². The Balaban J connectivity index is 1.70. The first kappa shape index (κ1) is 14.2. The smallest absolute Gasteiger partial charge is 0.128 e. The van der Waals surface area contributed by atoms with E-state index >= 15 is 0 Å². The molecule has 1 atom stereocenters. The highest BCUT2D eigenvalue weighted by molar-refractivity contribution is 5.44. The Morgan fingerprint density at radius 1 is 1.14 bits per heavy atom. The summed E-state index contributed by atoms with van der Waals surface area (Å²) in [5.41, 5.74) is 4.71. The minimum atomic E-state index is -0.459. The molecule has 21 heavy (non-hydrogen) atoms. The van der Waals surface area contributed by atoms with Gasteiger partial charge in [0.15, 0.2) is 0 Å². The molecule has 0 radical (unpaired) electrons. The van der Waals surface area contributed by atoms with Crippen molar-refractivity contribution >= 4 is 0 Å². The van der Waals surface area contributed by atoms with Crippen molar-refractivity contribution in [2.24, 2.45) is 0 Å². The van der Waals surface area contributed by atoms with Crippen LogP contribution in [-0.2, 0) is 12.8 Å². The van der Waals surface area contributed by atoms with Crippen molar-refractivity contribution in [2.45, 2.75) is 38.7 Å². The molecule has 0 saturated carbocycles. The SMILES string of the molecule is Cc1ccc(CCC(O)c2cccc3c2OCCC3)cc1. The molecule has 0 fully saturated rings. The molecule has 1 heterocycles. The minimum Gasteiger partial charge on any atom is -0.493 e. The molecule has 0 bridgehead atoms. The topological polar surface area (TPSA) is 29.5 Å². The lowest BCUT2D eigenvalue weighted by molar-refractivity contribution is 0.159. The van der Waals surface area contributed by atoms with E-state index in [1.54, 1.807) is 0 Å². The van der Waals surface area contributed by atoms with Gasteiger partial charge in [-0.05, 0) is 43.7 Å². The first-order chi connectivity index (χ1) is 10.2. The third kappa shape index (κ3) is 3.27. The zero-order valence-electron chi connectivity index (χ0n) is 12.5. The van der Waals surface area contributed by atoms with E-state index in [1.807, 2.05) is 12.1 Å². The zero-order valence-corrected chi connectivity index (χ0v) is 12.5. The molecule has 0 aromatic heterocycles. The summed E-state index contributed by atoms with van der Waals surface area (Å²) in [6.45, 7) is 2.85. The second-order valence-corrected chi connectivity index (χ2v) is 5.83. The fraction of sp³-hybridized carbons (Fsp3) is 0.368. The largest absolute Gasteiger partial charge is 0.493 e. The van der Waals surface area contributed by atoms with E-state index in [2.05, 4.69) is 37.3 Å². The molecule has 0 aliphatic carbocycles. The first-order valence-corrected chi connectivity index (χ1v) is 7.72. The van der Waals surface area contributed by atoms with Gasteiger partial charge in [-0.2, -0.15) is 0 Å². The third-order valence-electron chi connectivity index (χ3n) is 4.15. The highest BCUT2D eigenvalue weighted by atomic mass is 16.5. The van der Waals surface area contributed by atoms with Crippen LogP contribution in [-0.4, -0.2) is 11.7 Å². The summed E-state index contributed by atoms with van der Waals surface area (Å²) >= 11 is 0. The van der Waals surface area contributed by atoms with Crippen LogP contribution < -0.4 is 4.74 Å². The summed E-state index contributed by atoms with van der Waals surface area (Å²) in [7, 11) is 0. The standard InChI is InChI=1S/C19H22O2/c1-14-7-9-15(10-8-14)11-12-18(20)17-6-2-4-16-5-3-13-21-19(16)17/h2,4,6-10,18,20H,3,5,11-13H2,1H3. The number of aryl methyl sites for hydroxylation is 3. The number of ether oxygens (including phenoxy) is 1. The number of fused-ring (bicyclic) bond motifs is 1. The van der Waals surface area contributed by atoms with Crippen molar-refractivity contribution in [3.05, 3.63) is 64.7 Å². The summed E-state index contributed by atoms with van der Waals surface area (Å²) in [5.74, 6) is 0.917. The Morgan fingerprint density at radius 2 is 1.95 bits per heavy atom.